The standard InChI is InChI=1S/C36H71N2O6P/c1-3-5-7-9-11-13-14-15-16-17-18-19-20-22-24-26-28-30-36(40)38-34(33-44-45(41,42)43-32-31-37)35(39)29-27-25-23-21-12-10-8-6-4-2/h12,21,27,29,34-35,39H,3-11,13-20,22-26,28,30-33,37H2,1-2H3,(H,38,40)(H,41,42)/b21-12+,29-27+. The third-order valence-corrected chi connectivity index (χ3v) is 9.01. The van der Waals surface area contributed by atoms with Gasteiger partial charge in [-0.25, -0.2) is 4.57 Å². The van der Waals surface area contributed by atoms with E-state index in [1.54, 1.807) is 6.08 Å². The van der Waals surface area contributed by atoms with Crippen molar-refractivity contribution >= 4 is 13.7 Å². The summed E-state index contributed by atoms with van der Waals surface area (Å²) in [6, 6.07) is -0.869. The first-order chi connectivity index (χ1) is 21.9. The van der Waals surface area contributed by atoms with E-state index in [9.17, 15) is 19.4 Å². The summed E-state index contributed by atoms with van der Waals surface area (Å²) in [5.41, 5.74) is 5.34. The van der Waals surface area contributed by atoms with Crippen molar-refractivity contribution in [1.82, 2.24) is 5.32 Å². The van der Waals surface area contributed by atoms with Crippen LogP contribution < -0.4 is 11.1 Å². The van der Waals surface area contributed by atoms with Crippen molar-refractivity contribution in [3.8, 4) is 0 Å². The first-order valence-corrected chi connectivity index (χ1v) is 20.0. The van der Waals surface area contributed by atoms with E-state index < -0.39 is 20.0 Å². The van der Waals surface area contributed by atoms with Crippen LogP contribution in [0.25, 0.3) is 0 Å². The number of amides is 1. The molecular weight excluding hydrogens is 587 g/mol. The van der Waals surface area contributed by atoms with Gasteiger partial charge in [0.15, 0.2) is 0 Å². The fourth-order valence-corrected chi connectivity index (χ4v) is 5.96. The highest BCUT2D eigenvalue weighted by molar-refractivity contribution is 7.47. The van der Waals surface area contributed by atoms with Gasteiger partial charge in [0.2, 0.25) is 5.91 Å². The van der Waals surface area contributed by atoms with Crippen molar-refractivity contribution in [2.24, 2.45) is 5.73 Å². The van der Waals surface area contributed by atoms with Gasteiger partial charge in [0.25, 0.3) is 0 Å². The number of unbranched alkanes of at least 4 members (excludes halogenated alkanes) is 20. The Balaban J connectivity index is 4.23. The fraction of sp³-hybridized carbons (Fsp3) is 0.861. The normalized spacial score (nSPS) is 14.7. The highest BCUT2D eigenvalue weighted by Gasteiger charge is 2.26. The summed E-state index contributed by atoms with van der Waals surface area (Å²) < 4.78 is 21.9. The molecule has 0 aliphatic carbocycles. The molecule has 266 valence electrons. The van der Waals surface area contributed by atoms with Gasteiger partial charge in [-0.15, -0.1) is 0 Å². The van der Waals surface area contributed by atoms with E-state index in [4.69, 9.17) is 14.8 Å². The molecule has 0 bridgehead atoms. The maximum Gasteiger partial charge on any atom is 0.472 e. The molecular formula is C36H71N2O6P. The lowest BCUT2D eigenvalue weighted by molar-refractivity contribution is -0.123. The lowest BCUT2D eigenvalue weighted by atomic mass is 10.0. The molecule has 0 heterocycles. The van der Waals surface area contributed by atoms with Crippen LogP contribution in [0.1, 0.15) is 168 Å². The summed E-state index contributed by atoms with van der Waals surface area (Å²) in [5, 5.41) is 13.5. The Morgan fingerprint density at radius 2 is 1.18 bits per heavy atom. The topological polar surface area (TPSA) is 131 Å². The van der Waals surface area contributed by atoms with Gasteiger partial charge in [-0.3, -0.25) is 13.8 Å². The zero-order valence-electron chi connectivity index (χ0n) is 29.1. The Hall–Kier alpha value is -1.02. The molecule has 0 fully saturated rings. The number of phosphoric acid groups is 1. The molecule has 0 saturated carbocycles. The van der Waals surface area contributed by atoms with Crippen LogP contribution in [0.4, 0.5) is 0 Å². The van der Waals surface area contributed by atoms with Crippen LogP contribution in [0.15, 0.2) is 24.3 Å². The lowest BCUT2D eigenvalue weighted by Crippen LogP contribution is -2.45. The van der Waals surface area contributed by atoms with Crippen molar-refractivity contribution < 1.29 is 28.4 Å². The highest BCUT2D eigenvalue weighted by Crippen LogP contribution is 2.43. The van der Waals surface area contributed by atoms with E-state index in [1.807, 2.05) is 6.08 Å². The number of phosphoric ester groups is 1. The maximum atomic E-state index is 12.6. The zero-order valence-corrected chi connectivity index (χ0v) is 30.0. The highest BCUT2D eigenvalue weighted by atomic mass is 31.2. The van der Waals surface area contributed by atoms with Crippen LogP contribution in [0, 0.1) is 0 Å². The Kier molecular flexibility index (Phi) is 32.2. The van der Waals surface area contributed by atoms with Crippen LogP contribution in [0.3, 0.4) is 0 Å². The third-order valence-electron chi connectivity index (χ3n) is 8.03. The minimum atomic E-state index is -4.33. The van der Waals surface area contributed by atoms with Gasteiger partial charge in [0.05, 0.1) is 25.4 Å². The van der Waals surface area contributed by atoms with Crippen LogP contribution >= 0.6 is 7.82 Å². The van der Waals surface area contributed by atoms with E-state index >= 15 is 0 Å². The number of carbonyl (C=O) groups is 1. The molecule has 0 aliphatic rings. The van der Waals surface area contributed by atoms with Gasteiger partial charge in [0.1, 0.15) is 0 Å². The SMILES string of the molecule is CCCCC/C=C/CC/C=C/C(O)C(COP(=O)(O)OCCN)NC(=O)CCCCCCCCCCCCCCCCCCC. The van der Waals surface area contributed by atoms with Gasteiger partial charge in [-0.1, -0.05) is 154 Å². The zero-order chi connectivity index (χ0) is 33.3. The number of carbonyl (C=O) groups excluding carboxylic acids is 1. The second-order valence-corrected chi connectivity index (χ2v) is 13.9. The second kappa shape index (κ2) is 32.9. The summed E-state index contributed by atoms with van der Waals surface area (Å²) in [4.78, 5) is 22.5. The maximum absolute atomic E-state index is 12.6. The monoisotopic (exact) mass is 659 g/mol. The van der Waals surface area contributed by atoms with Gasteiger partial charge in [-0.2, -0.15) is 0 Å². The van der Waals surface area contributed by atoms with E-state index in [0.717, 1.165) is 38.5 Å². The molecule has 0 aliphatic heterocycles. The van der Waals surface area contributed by atoms with Crippen LogP contribution in [0.5, 0.6) is 0 Å². The van der Waals surface area contributed by atoms with Gasteiger partial charge >= 0.3 is 7.82 Å². The van der Waals surface area contributed by atoms with Gasteiger partial charge in [0, 0.05) is 13.0 Å². The van der Waals surface area contributed by atoms with Gasteiger partial charge < -0.3 is 21.1 Å². The van der Waals surface area contributed by atoms with Crippen molar-refractivity contribution in [3.05, 3.63) is 24.3 Å². The predicted octanol–water partition coefficient (Wildman–Crippen LogP) is 9.44. The number of hydrogen-bond acceptors (Lipinski definition) is 6. The molecule has 3 unspecified atom stereocenters. The summed E-state index contributed by atoms with van der Waals surface area (Å²) in [7, 11) is -4.33. The molecule has 9 heteroatoms. The Morgan fingerprint density at radius 3 is 1.71 bits per heavy atom. The minimum Gasteiger partial charge on any atom is -0.387 e. The number of nitrogens with one attached hydrogen (secondary N) is 1. The van der Waals surface area contributed by atoms with Crippen LogP contribution in [0.2, 0.25) is 0 Å². The summed E-state index contributed by atoms with van der Waals surface area (Å²) in [6.07, 6.45) is 35.2. The molecule has 3 atom stereocenters. The molecule has 8 nitrogen and oxygen atoms in total. The molecule has 0 spiro atoms. The molecule has 0 rings (SSSR count). The quantitative estimate of drug-likeness (QED) is 0.0308. The average molecular weight is 659 g/mol. The van der Waals surface area contributed by atoms with Crippen molar-refractivity contribution in [2.45, 2.75) is 180 Å². The van der Waals surface area contributed by atoms with Crippen molar-refractivity contribution in [3.63, 3.8) is 0 Å². The molecule has 0 aromatic heterocycles. The van der Waals surface area contributed by atoms with Crippen LogP contribution in [-0.4, -0.2) is 47.8 Å². The number of allylic oxidation sites excluding steroid dienone is 3. The molecule has 0 radical (unpaired) electrons. The molecule has 0 aromatic carbocycles. The molecule has 0 saturated heterocycles. The molecule has 5 N–H and O–H groups in total. The number of nitrogens with two attached hydrogens (primary N) is 1. The average Bonchev–Trinajstić information content (AvgIpc) is 3.02. The number of aliphatic hydroxyl groups is 1. The fourth-order valence-electron chi connectivity index (χ4n) is 5.20. The number of rotatable bonds is 34. The first-order valence-electron chi connectivity index (χ1n) is 18.5. The molecule has 0 aromatic rings. The Labute approximate surface area is 277 Å². The first kappa shape index (κ1) is 44.0. The van der Waals surface area contributed by atoms with Crippen molar-refractivity contribution in [2.75, 3.05) is 19.8 Å². The minimum absolute atomic E-state index is 0.0752. The van der Waals surface area contributed by atoms with E-state index in [1.165, 1.54) is 109 Å². The summed E-state index contributed by atoms with van der Waals surface area (Å²) >= 11 is 0. The predicted molar refractivity (Wildman–Crippen MR) is 189 cm³/mol. The summed E-state index contributed by atoms with van der Waals surface area (Å²) in [6.45, 7) is 4.05. The van der Waals surface area contributed by atoms with Crippen LogP contribution in [-0.2, 0) is 18.4 Å². The smallest absolute Gasteiger partial charge is 0.387 e. The van der Waals surface area contributed by atoms with E-state index in [2.05, 4.69) is 31.3 Å². The largest absolute Gasteiger partial charge is 0.472 e. The molecule has 45 heavy (non-hydrogen) atoms. The number of aliphatic hydroxyl groups excluding tert-OH is 1. The van der Waals surface area contributed by atoms with Gasteiger partial charge in [-0.05, 0) is 32.1 Å². The second-order valence-electron chi connectivity index (χ2n) is 12.4. The Bertz CT molecular complexity index is 764. The Morgan fingerprint density at radius 1 is 0.711 bits per heavy atom. The molecule has 1 amide bonds. The lowest BCUT2D eigenvalue weighted by Gasteiger charge is -2.23. The third kappa shape index (κ3) is 31.4. The van der Waals surface area contributed by atoms with Crippen molar-refractivity contribution in [1.29, 1.82) is 0 Å². The summed E-state index contributed by atoms with van der Waals surface area (Å²) in [5.74, 6) is -0.206. The van der Waals surface area contributed by atoms with E-state index in [-0.39, 0.29) is 25.7 Å². The van der Waals surface area contributed by atoms with E-state index in [0.29, 0.717) is 6.42 Å². The number of hydrogen-bond donors (Lipinski definition) is 4.